The van der Waals surface area contributed by atoms with E-state index in [4.69, 9.17) is 21.1 Å². The molecule has 2 aromatic carbocycles. The smallest absolute Gasteiger partial charge is 0.410 e. The number of hydrogen-bond acceptors (Lipinski definition) is 5. The average Bonchev–Trinajstić information content (AvgIpc) is 2.72. The molecule has 1 atom stereocenters. The lowest BCUT2D eigenvalue weighted by atomic mass is 9.97. The SMILES string of the molecule is Cc1cccc(C)c1-c1cc(OC2CN(C(=O)OC(C)(C)C)Cc3ccccc32)nc(Cl)n1. The molecule has 0 saturated heterocycles. The lowest BCUT2D eigenvalue weighted by Crippen LogP contribution is -2.42. The molecule has 0 bridgehead atoms. The van der Waals surface area contributed by atoms with Crippen LogP contribution in [-0.4, -0.2) is 33.1 Å². The highest BCUT2D eigenvalue weighted by Gasteiger charge is 2.32. The van der Waals surface area contributed by atoms with Gasteiger partial charge in [-0.1, -0.05) is 42.5 Å². The van der Waals surface area contributed by atoms with Crippen LogP contribution in [0, 0.1) is 13.8 Å². The molecule has 0 fully saturated rings. The molecule has 0 radical (unpaired) electrons. The van der Waals surface area contributed by atoms with Gasteiger partial charge in [-0.2, -0.15) is 4.98 Å². The van der Waals surface area contributed by atoms with Crippen molar-refractivity contribution in [3.63, 3.8) is 0 Å². The van der Waals surface area contributed by atoms with E-state index < -0.39 is 11.7 Å². The molecule has 3 aromatic rings. The van der Waals surface area contributed by atoms with Gasteiger partial charge >= 0.3 is 6.09 Å². The topological polar surface area (TPSA) is 64.5 Å². The number of nitrogens with zero attached hydrogens (tertiary/aromatic N) is 3. The Hall–Kier alpha value is -3.12. The monoisotopic (exact) mass is 465 g/mol. The Morgan fingerprint density at radius 1 is 1.06 bits per heavy atom. The van der Waals surface area contributed by atoms with Crippen molar-refractivity contribution >= 4 is 17.7 Å². The second-order valence-corrected chi connectivity index (χ2v) is 9.63. The molecule has 33 heavy (non-hydrogen) atoms. The third-order valence-electron chi connectivity index (χ3n) is 5.48. The minimum absolute atomic E-state index is 0.109. The Kier molecular flexibility index (Phi) is 6.30. The van der Waals surface area contributed by atoms with Crippen LogP contribution in [-0.2, 0) is 11.3 Å². The van der Waals surface area contributed by atoms with Crippen molar-refractivity contribution in [2.75, 3.05) is 6.54 Å². The molecular formula is C26H28ClN3O3. The summed E-state index contributed by atoms with van der Waals surface area (Å²) >= 11 is 6.29. The maximum atomic E-state index is 12.8. The summed E-state index contributed by atoms with van der Waals surface area (Å²) in [5.74, 6) is 0.360. The van der Waals surface area contributed by atoms with Crippen molar-refractivity contribution in [2.24, 2.45) is 0 Å². The number of fused-ring (bicyclic) bond motifs is 1. The minimum Gasteiger partial charge on any atom is -0.467 e. The van der Waals surface area contributed by atoms with Gasteiger partial charge in [-0.05, 0) is 68.5 Å². The number of carbonyl (C=O) groups excluding carboxylic acids is 1. The zero-order chi connectivity index (χ0) is 23.8. The van der Waals surface area contributed by atoms with Gasteiger partial charge in [0, 0.05) is 18.2 Å². The summed E-state index contributed by atoms with van der Waals surface area (Å²) in [6.07, 6.45) is -0.790. The summed E-state index contributed by atoms with van der Waals surface area (Å²) in [4.78, 5) is 23.2. The number of aryl methyl sites for hydroxylation is 2. The van der Waals surface area contributed by atoms with Crippen LogP contribution in [0.3, 0.4) is 0 Å². The first-order chi connectivity index (χ1) is 15.6. The fourth-order valence-electron chi connectivity index (χ4n) is 4.08. The highest BCUT2D eigenvalue weighted by Crippen LogP contribution is 2.34. The van der Waals surface area contributed by atoms with Gasteiger partial charge in [0.05, 0.1) is 12.2 Å². The predicted molar refractivity (Wildman–Crippen MR) is 128 cm³/mol. The summed E-state index contributed by atoms with van der Waals surface area (Å²) in [5, 5.41) is 0.109. The van der Waals surface area contributed by atoms with Crippen LogP contribution in [0.4, 0.5) is 4.79 Å². The van der Waals surface area contributed by atoms with Gasteiger partial charge in [0.1, 0.15) is 11.7 Å². The third-order valence-corrected chi connectivity index (χ3v) is 5.65. The Bertz CT molecular complexity index is 1170. The molecule has 4 rings (SSSR count). The number of hydrogen-bond donors (Lipinski definition) is 0. The van der Waals surface area contributed by atoms with E-state index in [0.29, 0.717) is 24.7 Å². The second kappa shape index (κ2) is 9.02. The predicted octanol–water partition coefficient (Wildman–Crippen LogP) is 6.28. The van der Waals surface area contributed by atoms with Crippen LogP contribution >= 0.6 is 11.6 Å². The highest BCUT2D eigenvalue weighted by molar-refractivity contribution is 6.28. The molecule has 7 heteroatoms. The molecule has 1 aliphatic rings. The van der Waals surface area contributed by atoms with Crippen LogP contribution in [0.2, 0.25) is 5.28 Å². The first-order valence-corrected chi connectivity index (χ1v) is 11.3. The van der Waals surface area contributed by atoms with E-state index in [1.807, 2.05) is 77.1 Å². The van der Waals surface area contributed by atoms with Crippen molar-refractivity contribution in [3.05, 3.63) is 76.1 Å². The molecule has 0 spiro atoms. The number of amides is 1. The number of halogens is 1. The molecule has 0 N–H and O–H groups in total. The summed E-state index contributed by atoms with van der Waals surface area (Å²) in [7, 11) is 0. The zero-order valence-electron chi connectivity index (χ0n) is 19.6. The van der Waals surface area contributed by atoms with E-state index in [0.717, 1.165) is 27.8 Å². The Labute approximate surface area is 199 Å². The van der Waals surface area contributed by atoms with Crippen molar-refractivity contribution in [3.8, 4) is 17.1 Å². The first-order valence-electron chi connectivity index (χ1n) is 10.9. The maximum Gasteiger partial charge on any atom is 0.410 e. The number of rotatable bonds is 3. The Morgan fingerprint density at radius 2 is 1.76 bits per heavy atom. The van der Waals surface area contributed by atoms with E-state index in [2.05, 4.69) is 9.97 Å². The number of aromatic nitrogens is 2. The van der Waals surface area contributed by atoms with E-state index in [9.17, 15) is 4.79 Å². The van der Waals surface area contributed by atoms with Gasteiger partial charge in [0.15, 0.2) is 0 Å². The van der Waals surface area contributed by atoms with Gasteiger partial charge < -0.3 is 9.47 Å². The highest BCUT2D eigenvalue weighted by atomic mass is 35.5. The van der Waals surface area contributed by atoms with Crippen LogP contribution in [0.1, 0.15) is 49.1 Å². The van der Waals surface area contributed by atoms with Gasteiger partial charge in [-0.15, -0.1) is 0 Å². The average molecular weight is 466 g/mol. The van der Waals surface area contributed by atoms with E-state index in [1.165, 1.54) is 0 Å². The summed E-state index contributed by atoms with van der Waals surface area (Å²) in [5.41, 5.74) is 5.34. The molecule has 1 unspecified atom stereocenters. The Morgan fingerprint density at radius 3 is 2.45 bits per heavy atom. The number of benzene rings is 2. The molecular weight excluding hydrogens is 438 g/mol. The molecule has 0 saturated carbocycles. The minimum atomic E-state index is -0.578. The molecule has 1 aromatic heterocycles. The molecule has 0 aliphatic carbocycles. The fourth-order valence-corrected chi connectivity index (χ4v) is 4.25. The fraction of sp³-hybridized carbons (Fsp3) is 0.346. The lowest BCUT2D eigenvalue weighted by Gasteiger charge is -2.35. The van der Waals surface area contributed by atoms with Crippen LogP contribution in [0.15, 0.2) is 48.5 Å². The summed E-state index contributed by atoms with van der Waals surface area (Å²) < 4.78 is 11.9. The molecule has 2 heterocycles. The van der Waals surface area contributed by atoms with E-state index in [-0.39, 0.29) is 11.4 Å². The van der Waals surface area contributed by atoms with E-state index >= 15 is 0 Å². The lowest BCUT2D eigenvalue weighted by molar-refractivity contribution is 0.0108. The van der Waals surface area contributed by atoms with Crippen molar-refractivity contribution in [2.45, 2.75) is 52.9 Å². The molecule has 1 aliphatic heterocycles. The number of ether oxygens (including phenoxy) is 2. The summed E-state index contributed by atoms with van der Waals surface area (Å²) in [6, 6.07) is 15.8. The maximum absolute atomic E-state index is 12.8. The van der Waals surface area contributed by atoms with Crippen molar-refractivity contribution in [1.82, 2.24) is 14.9 Å². The van der Waals surface area contributed by atoms with Crippen molar-refractivity contribution < 1.29 is 14.3 Å². The molecule has 1 amide bonds. The summed E-state index contributed by atoms with van der Waals surface area (Å²) in [6.45, 7) is 10.4. The molecule has 172 valence electrons. The van der Waals surface area contributed by atoms with Crippen molar-refractivity contribution in [1.29, 1.82) is 0 Å². The van der Waals surface area contributed by atoms with Gasteiger partial charge in [-0.3, -0.25) is 4.90 Å². The quantitative estimate of drug-likeness (QED) is 0.425. The van der Waals surface area contributed by atoms with Gasteiger partial charge in [-0.25, -0.2) is 9.78 Å². The van der Waals surface area contributed by atoms with E-state index in [1.54, 1.807) is 11.0 Å². The third kappa shape index (κ3) is 5.28. The normalized spacial score (nSPS) is 15.7. The number of carbonyl (C=O) groups is 1. The van der Waals surface area contributed by atoms with Gasteiger partial charge in [0.25, 0.3) is 0 Å². The van der Waals surface area contributed by atoms with Gasteiger partial charge in [0.2, 0.25) is 11.2 Å². The standard InChI is InChI=1S/C26H28ClN3O3/c1-16-9-8-10-17(2)23(16)20-13-22(29-24(27)28-20)32-21-15-30(25(31)33-26(3,4)5)14-18-11-6-7-12-19(18)21/h6-13,21H,14-15H2,1-5H3. The largest absolute Gasteiger partial charge is 0.467 e. The zero-order valence-corrected chi connectivity index (χ0v) is 20.3. The molecule has 6 nitrogen and oxygen atoms in total. The van der Waals surface area contributed by atoms with Crippen LogP contribution < -0.4 is 4.74 Å². The van der Waals surface area contributed by atoms with Crippen LogP contribution in [0.5, 0.6) is 5.88 Å². The second-order valence-electron chi connectivity index (χ2n) is 9.29. The van der Waals surface area contributed by atoms with Crippen LogP contribution in [0.25, 0.3) is 11.3 Å². The Balaban J connectivity index is 1.66. The first kappa shape index (κ1) is 23.1.